The summed E-state index contributed by atoms with van der Waals surface area (Å²) in [6.07, 6.45) is 6.86. The Balaban J connectivity index is 1.58. The molecule has 0 radical (unpaired) electrons. The topological polar surface area (TPSA) is 71.8 Å². The number of fused-ring (bicyclic) bond motifs is 1. The first kappa shape index (κ1) is 14.2. The standard InChI is InChI=1S/C18H19N3O2/c1-11-14(10-19-23-11)17(22)9-12-6-7-15-16(8-12)21-18(20-15)13-4-2-3-5-13/h6-8,10,13H,2-5,9H2,1H3,(H,20,21). The number of nitrogens with one attached hydrogen (secondary N) is 1. The zero-order valence-corrected chi connectivity index (χ0v) is 13.1. The molecule has 0 amide bonds. The van der Waals surface area contributed by atoms with Crippen LogP contribution in [0.3, 0.4) is 0 Å². The third-order valence-electron chi connectivity index (χ3n) is 4.72. The molecule has 1 aromatic carbocycles. The lowest BCUT2D eigenvalue weighted by molar-refractivity contribution is 0.0991. The molecule has 2 aromatic heterocycles. The van der Waals surface area contributed by atoms with E-state index in [4.69, 9.17) is 9.51 Å². The molecule has 1 fully saturated rings. The zero-order chi connectivity index (χ0) is 15.8. The number of aromatic nitrogens is 3. The van der Waals surface area contributed by atoms with Gasteiger partial charge in [-0.25, -0.2) is 4.98 Å². The molecule has 0 aliphatic heterocycles. The fourth-order valence-electron chi connectivity index (χ4n) is 3.43. The second-order valence-corrected chi connectivity index (χ2v) is 6.35. The van der Waals surface area contributed by atoms with Crippen LogP contribution in [-0.2, 0) is 6.42 Å². The molecule has 5 heteroatoms. The van der Waals surface area contributed by atoms with Crippen molar-refractivity contribution in [3.63, 3.8) is 0 Å². The lowest BCUT2D eigenvalue weighted by Crippen LogP contribution is -2.03. The van der Waals surface area contributed by atoms with Crippen LogP contribution in [0.5, 0.6) is 0 Å². The Morgan fingerprint density at radius 1 is 1.35 bits per heavy atom. The van der Waals surface area contributed by atoms with E-state index < -0.39 is 0 Å². The number of aromatic amines is 1. The number of H-pyrrole nitrogens is 1. The molecule has 2 heterocycles. The van der Waals surface area contributed by atoms with Crippen molar-refractivity contribution in [1.82, 2.24) is 15.1 Å². The maximum Gasteiger partial charge on any atom is 0.172 e. The molecule has 4 rings (SSSR count). The molecule has 5 nitrogen and oxygen atoms in total. The van der Waals surface area contributed by atoms with Crippen LogP contribution in [0.1, 0.15) is 59.1 Å². The van der Waals surface area contributed by atoms with Gasteiger partial charge in [-0.3, -0.25) is 4.79 Å². The van der Waals surface area contributed by atoms with E-state index in [2.05, 4.69) is 10.1 Å². The van der Waals surface area contributed by atoms with Crippen molar-refractivity contribution in [1.29, 1.82) is 0 Å². The number of aryl methyl sites for hydroxylation is 1. The number of imidazole rings is 1. The van der Waals surface area contributed by atoms with Crippen LogP contribution in [0.25, 0.3) is 11.0 Å². The molecule has 23 heavy (non-hydrogen) atoms. The summed E-state index contributed by atoms with van der Waals surface area (Å²) in [4.78, 5) is 20.5. The van der Waals surface area contributed by atoms with E-state index in [0.717, 1.165) is 22.4 Å². The monoisotopic (exact) mass is 309 g/mol. The van der Waals surface area contributed by atoms with Crippen LogP contribution in [0.2, 0.25) is 0 Å². The summed E-state index contributed by atoms with van der Waals surface area (Å²) < 4.78 is 4.97. The van der Waals surface area contributed by atoms with Gasteiger partial charge in [-0.15, -0.1) is 0 Å². The van der Waals surface area contributed by atoms with Gasteiger partial charge in [0.05, 0.1) is 22.8 Å². The molecule has 3 aromatic rings. The smallest absolute Gasteiger partial charge is 0.172 e. The number of ketones is 1. The van der Waals surface area contributed by atoms with Crippen LogP contribution in [0.4, 0.5) is 0 Å². The van der Waals surface area contributed by atoms with Crippen molar-refractivity contribution in [3.05, 3.63) is 47.1 Å². The summed E-state index contributed by atoms with van der Waals surface area (Å²) in [5.74, 6) is 2.25. The Labute approximate surface area is 134 Å². The van der Waals surface area contributed by atoms with Gasteiger partial charge in [-0.05, 0) is 37.5 Å². The third kappa shape index (κ3) is 2.67. The second kappa shape index (κ2) is 5.65. The van der Waals surface area contributed by atoms with Crippen molar-refractivity contribution in [3.8, 4) is 0 Å². The van der Waals surface area contributed by atoms with Crippen molar-refractivity contribution in [2.45, 2.75) is 44.9 Å². The van der Waals surface area contributed by atoms with Gasteiger partial charge < -0.3 is 9.51 Å². The molecule has 118 valence electrons. The average Bonchev–Trinajstić information content (AvgIpc) is 3.26. The number of rotatable bonds is 4. The summed E-state index contributed by atoms with van der Waals surface area (Å²) in [6, 6.07) is 6.00. The van der Waals surface area contributed by atoms with Gasteiger partial charge in [0, 0.05) is 12.3 Å². The van der Waals surface area contributed by atoms with Gasteiger partial charge in [0.1, 0.15) is 11.6 Å². The van der Waals surface area contributed by atoms with Gasteiger partial charge in [0.2, 0.25) is 0 Å². The molecule has 1 aliphatic carbocycles. The number of hydrogen-bond acceptors (Lipinski definition) is 4. The highest BCUT2D eigenvalue weighted by Crippen LogP contribution is 2.33. The number of carbonyl (C=O) groups is 1. The van der Waals surface area contributed by atoms with Gasteiger partial charge >= 0.3 is 0 Å². The predicted molar refractivity (Wildman–Crippen MR) is 86.6 cm³/mol. The van der Waals surface area contributed by atoms with Crippen molar-refractivity contribution in [2.24, 2.45) is 0 Å². The van der Waals surface area contributed by atoms with E-state index in [1.54, 1.807) is 6.92 Å². The summed E-state index contributed by atoms with van der Waals surface area (Å²) in [7, 11) is 0. The van der Waals surface area contributed by atoms with Gasteiger partial charge in [0.15, 0.2) is 5.78 Å². The summed E-state index contributed by atoms with van der Waals surface area (Å²) in [5, 5.41) is 3.67. The molecular weight excluding hydrogens is 290 g/mol. The fourth-order valence-corrected chi connectivity index (χ4v) is 3.43. The fraction of sp³-hybridized carbons (Fsp3) is 0.389. The number of carbonyl (C=O) groups excluding carboxylic acids is 1. The number of benzene rings is 1. The number of Topliss-reactive ketones (excluding diaryl/α,β-unsaturated/α-hetero) is 1. The lowest BCUT2D eigenvalue weighted by Gasteiger charge is -2.02. The second-order valence-electron chi connectivity index (χ2n) is 6.35. The first-order valence-corrected chi connectivity index (χ1v) is 8.14. The van der Waals surface area contributed by atoms with Gasteiger partial charge in [0.25, 0.3) is 0 Å². The normalized spacial score (nSPS) is 15.5. The Kier molecular flexibility index (Phi) is 3.48. The maximum atomic E-state index is 12.3. The number of nitrogens with zero attached hydrogens (tertiary/aromatic N) is 2. The Morgan fingerprint density at radius 3 is 2.91 bits per heavy atom. The molecule has 0 atom stereocenters. The molecule has 1 aliphatic rings. The average molecular weight is 309 g/mol. The summed E-state index contributed by atoms with van der Waals surface area (Å²) in [6.45, 7) is 1.76. The van der Waals surface area contributed by atoms with E-state index in [0.29, 0.717) is 23.7 Å². The lowest BCUT2D eigenvalue weighted by atomic mass is 10.0. The van der Waals surface area contributed by atoms with Crippen LogP contribution in [-0.4, -0.2) is 20.9 Å². The highest BCUT2D eigenvalue weighted by molar-refractivity contribution is 5.98. The summed E-state index contributed by atoms with van der Waals surface area (Å²) in [5.41, 5.74) is 3.52. The quantitative estimate of drug-likeness (QED) is 0.741. The Bertz CT molecular complexity index is 856. The molecular formula is C18H19N3O2. The predicted octanol–water partition coefficient (Wildman–Crippen LogP) is 3.94. The highest BCUT2D eigenvalue weighted by Gasteiger charge is 2.20. The van der Waals surface area contributed by atoms with Crippen LogP contribution in [0.15, 0.2) is 28.9 Å². The van der Waals surface area contributed by atoms with Crippen molar-refractivity contribution < 1.29 is 9.32 Å². The van der Waals surface area contributed by atoms with E-state index in [-0.39, 0.29) is 5.78 Å². The molecule has 1 saturated carbocycles. The first-order chi connectivity index (χ1) is 11.2. The van der Waals surface area contributed by atoms with Crippen LogP contribution in [0, 0.1) is 6.92 Å². The third-order valence-corrected chi connectivity index (χ3v) is 4.72. The van der Waals surface area contributed by atoms with Crippen LogP contribution >= 0.6 is 0 Å². The highest BCUT2D eigenvalue weighted by atomic mass is 16.5. The number of hydrogen-bond donors (Lipinski definition) is 1. The Hall–Kier alpha value is -2.43. The van der Waals surface area contributed by atoms with E-state index >= 15 is 0 Å². The molecule has 0 unspecified atom stereocenters. The van der Waals surface area contributed by atoms with Gasteiger partial charge in [-0.1, -0.05) is 24.1 Å². The first-order valence-electron chi connectivity index (χ1n) is 8.14. The minimum atomic E-state index is 0.0265. The zero-order valence-electron chi connectivity index (χ0n) is 13.1. The van der Waals surface area contributed by atoms with E-state index in [9.17, 15) is 4.79 Å². The van der Waals surface area contributed by atoms with Crippen molar-refractivity contribution in [2.75, 3.05) is 0 Å². The molecule has 0 spiro atoms. The maximum absolute atomic E-state index is 12.3. The minimum Gasteiger partial charge on any atom is -0.361 e. The molecule has 0 saturated heterocycles. The van der Waals surface area contributed by atoms with E-state index in [1.807, 2.05) is 18.2 Å². The van der Waals surface area contributed by atoms with Gasteiger partial charge in [-0.2, -0.15) is 0 Å². The van der Waals surface area contributed by atoms with E-state index in [1.165, 1.54) is 31.9 Å². The molecule has 1 N–H and O–H groups in total. The van der Waals surface area contributed by atoms with Crippen LogP contribution < -0.4 is 0 Å². The summed E-state index contributed by atoms with van der Waals surface area (Å²) >= 11 is 0. The minimum absolute atomic E-state index is 0.0265. The Morgan fingerprint density at radius 2 is 2.17 bits per heavy atom. The largest absolute Gasteiger partial charge is 0.361 e. The SMILES string of the molecule is Cc1oncc1C(=O)Cc1ccc2nc(C3CCCC3)[nH]c2c1. The van der Waals surface area contributed by atoms with Crippen molar-refractivity contribution >= 4 is 16.8 Å². The molecule has 0 bridgehead atoms.